The Kier molecular flexibility index (Phi) is 7.72. The summed E-state index contributed by atoms with van der Waals surface area (Å²) in [6, 6.07) is 1.58. The Morgan fingerprint density at radius 3 is 2.51 bits per heavy atom. The van der Waals surface area contributed by atoms with Crippen LogP contribution < -0.4 is 21.6 Å². The minimum Gasteiger partial charge on any atom is -0.398 e. The summed E-state index contributed by atoms with van der Waals surface area (Å²) in [5, 5.41) is 20.6. The van der Waals surface area contributed by atoms with E-state index in [0.717, 1.165) is 25.8 Å². The largest absolute Gasteiger partial charge is 0.398 e. The highest BCUT2D eigenvalue weighted by Gasteiger charge is 2.33. The fourth-order valence-corrected chi connectivity index (χ4v) is 6.89. The second-order valence-electron chi connectivity index (χ2n) is 9.75. The molecule has 2 aromatic rings. The number of ketones is 1. The number of piperidine rings is 1. The summed E-state index contributed by atoms with van der Waals surface area (Å²) in [5.74, 6) is 4.77. The van der Waals surface area contributed by atoms with Gasteiger partial charge in [0.15, 0.2) is 5.78 Å². The van der Waals surface area contributed by atoms with Crippen molar-refractivity contribution in [3.8, 4) is 0 Å². The number of aliphatic hydroxyl groups excluding tert-OH is 1. The number of hydrogen-bond donors (Lipinski definition) is 4. The Morgan fingerprint density at radius 2 is 1.92 bits per heavy atom. The highest BCUT2D eigenvalue weighted by molar-refractivity contribution is 7.89. The van der Waals surface area contributed by atoms with E-state index in [-0.39, 0.29) is 39.7 Å². The second kappa shape index (κ2) is 10.6. The van der Waals surface area contributed by atoms with Gasteiger partial charge in [0.05, 0.1) is 11.5 Å². The van der Waals surface area contributed by atoms with Gasteiger partial charge in [-0.1, -0.05) is 0 Å². The number of primary sulfonamides is 1. The van der Waals surface area contributed by atoms with Crippen LogP contribution in [0.5, 0.6) is 0 Å². The van der Waals surface area contributed by atoms with Gasteiger partial charge in [-0.25, -0.2) is 13.6 Å². The van der Waals surface area contributed by atoms with Gasteiger partial charge in [-0.15, -0.1) is 0 Å². The second-order valence-corrected chi connectivity index (χ2v) is 11.2. The summed E-state index contributed by atoms with van der Waals surface area (Å²) in [5.41, 5.74) is 8.64. The van der Waals surface area contributed by atoms with Crippen LogP contribution >= 0.6 is 0 Å². The lowest BCUT2D eigenvalue weighted by Gasteiger charge is -2.31. The molecule has 7 N–H and O–H groups in total. The number of sulfonamides is 1. The van der Waals surface area contributed by atoms with Crippen LogP contribution in [0.3, 0.4) is 0 Å². The third kappa shape index (κ3) is 4.88. The summed E-state index contributed by atoms with van der Waals surface area (Å²) in [6.45, 7) is 3.65. The zero-order chi connectivity index (χ0) is 26.9. The molecule has 0 saturated carbocycles. The van der Waals surface area contributed by atoms with E-state index in [1.807, 2.05) is 9.80 Å². The summed E-state index contributed by atoms with van der Waals surface area (Å²) >= 11 is 0. The zero-order valence-corrected chi connectivity index (χ0v) is 21.8. The molecule has 4 rings (SSSR count). The Bertz CT molecular complexity index is 1370. The van der Waals surface area contributed by atoms with Gasteiger partial charge in [0.1, 0.15) is 12.6 Å². The number of benzene rings is 2. The van der Waals surface area contributed by atoms with E-state index < -0.39 is 16.6 Å². The van der Waals surface area contributed by atoms with Gasteiger partial charge in [0, 0.05) is 72.0 Å². The number of Topliss-reactive ketones (excluding diaryl/α,β-unsaturated/α-hetero) is 1. The summed E-state index contributed by atoms with van der Waals surface area (Å²) in [7, 11) is -4.33. The molecule has 2 aliphatic heterocycles. The fraction of sp³-hybridized carbons (Fsp3) is 0.480. The first kappa shape index (κ1) is 26.8. The minimum absolute atomic E-state index is 0.0648. The van der Waals surface area contributed by atoms with Crippen LogP contribution in [0.25, 0.3) is 10.8 Å². The van der Waals surface area contributed by atoms with Crippen LogP contribution in [0.4, 0.5) is 11.4 Å². The van der Waals surface area contributed by atoms with Crippen molar-refractivity contribution in [3.63, 3.8) is 0 Å². The zero-order valence-electron chi connectivity index (χ0n) is 20.9. The van der Waals surface area contributed by atoms with Crippen molar-refractivity contribution in [1.29, 1.82) is 0 Å². The molecule has 2 aromatic carbocycles. The molecule has 200 valence electrons. The molecule has 0 bridgehead atoms. The number of aryl methyl sites for hydroxylation is 1. The molecule has 2 fully saturated rings. The van der Waals surface area contributed by atoms with E-state index in [4.69, 9.17) is 16.7 Å². The number of nitrogens with zero attached hydrogens (tertiary/aromatic N) is 3. The molecule has 2 heterocycles. The number of hydrazone groups is 1. The number of anilines is 2. The standard InChI is InChI=1S/C25H34N6O5S/c1-15-21-18(11-19(22(15)26)24(34)16-5-4-7-30(12-16)14-29-27)20(13-33)25(37(28,35)36)17(6-10-32)23(21)31-8-2-3-9-31/h10-11,14,16,33H,2-9,12-13,26-27H2,1H3,(H2,28,35,36). The van der Waals surface area contributed by atoms with Crippen molar-refractivity contribution in [3.05, 3.63) is 28.3 Å². The maximum absolute atomic E-state index is 13.7. The van der Waals surface area contributed by atoms with Crippen molar-refractivity contribution >= 4 is 50.6 Å². The van der Waals surface area contributed by atoms with Gasteiger partial charge in [-0.2, -0.15) is 5.10 Å². The van der Waals surface area contributed by atoms with Crippen LogP contribution in [-0.4, -0.2) is 63.0 Å². The number of rotatable bonds is 8. The first-order valence-electron chi connectivity index (χ1n) is 12.4. The van der Waals surface area contributed by atoms with Crippen LogP contribution in [0.15, 0.2) is 16.1 Å². The molecule has 0 aliphatic carbocycles. The van der Waals surface area contributed by atoms with Crippen molar-refractivity contribution in [1.82, 2.24) is 4.90 Å². The molecule has 2 aliphatic rings. The first-order chi connectivity index (χ1) is 17.6. The predicted molar refractivity (Wildman–Crippen MR) is 143 cm³/mol. The average Bonchev–Trinajstić information content (AvgIpc) is 3.39. The Morgan fingerprint density at radius 1 is 1.22 bits per heavy atom. The normalized spacial score (nSPS) is 18.7. The number of carbonyl (C=O) groups is 2. The lowest BCUT2D eigenvalue weighted by atomic mass is 9.85. The maximum atomic E-state index is 13.7. The molecular formula is C25H34N6O5S. The number of carbonyl (C=O) groups excluding carboxylic acids is 2. The van der Waals surface area contributed by atoms with Gasteiger partial charge < -0.3 is 31.3 Å². The summed E-state index contributed by atoms with van der Waals surface area (Å²) in [4.78, 5) is 29.1. The quantitative estimate of drug-likeness (QED) is 0.0735. The van der Waals surface area contributed by atoms with Crippen LogP contribution in [-0.2, 0) is 27.8 Å². The lowest BCUT2D eigenvalue weighted by molar-refractivity contribution is -0.107. The van der Waals surface area contributed by atoms with Gasteiger partial charge >= 0.3 is 0 Å². The molecule has 2 saturated heterocycles. The third-order valence-electron chi connectivity index (χ3n) is 7.49. The SMILES string of the molecule is Cc1c(N)c(C(=O)C2CCCN(C=NN)C2)cc2c(CO)c(S(N)(=O)=O)c(CC=O)c(N3CCCC3)c12. The molecule has 0 radical (unpaired) electrons. The van der Waals surface area contributed by atoms with Gasteiger partial charge in [-0.05, 0) is 49.6 Å². The molecule has 12 heteroatoms. The van der Waals surface area contributed by atoms with E-state index in [1.54, 1.807) is 13.0 Å². The smallest absolute Gasteiger partial charge is 0.238 e. The van der Waals surface area contributed by atoms with E-state index in [9.17, 15) is 23.1 Å². The van der Waals surface area contributed by atoms with Crippen molar-refractivity contribution in [2.75, 3.05) is 36.8 Å². The molecule has 0 spiro atoms. The third-order valence-corrected chi connectivity index (χ3v) is 8.56. The topological polar surface area (TPSA) is 185 Å². The monoisotopic (exact) mass is 530 g/mol. The molecule has 37 heavy (non-hydrogen) atoms. The Hall–Kier alpha value is -3.22. The Balaban J connectivity index is 2.03. The van der Waals surface area contributed by atoms with Crippen LogP contribution in [0.1, 0.15) is 52.7 Å². The Labute approximate surface area is 216 Å². The number of hydrogen-bond acceptors (Lipinski definition) is 9. The van der Waals surface area contributed by atoms with Gasteiger partial charge in [0.25, 0.3) is 0 Å². The number of aldehydes is 1. The first-order valence-corrected chi connectivity index (χ1v) is 13.9. The molecule has 1 atom stereocenters. The van der Waals surface area contributed by atoms with E-state index in [0.29, 0.717) is 60.1 Å². The lowest BCUT2D eigenvalue weighted by Crippen LogP contribution is -2.38. The maximum Gasteiger partial charge on any atom is 0.238 e. The van der Waals surface area contributed by atoms with E-state index >= 15 is 0 Å². The van der Waals surface area contributed by atoms with Crippen molar-refractivity contribution < 1.29 is 23.1 Å². The van der Waals surface area contributed by atoms with Crippen molar-refractivity contribution in [2.24, 2.45) is 22.0 Å². The van der Waals surface area contributed by atoms with E-state index in [1.165, 1.54) is 6.34 Å². The molecular weight excluding hydrogens is 496 g/mol. The summed E-state index contributed by atoms with van der Waals surface area (Å²) in [6.07, 6.45) is 5.20. The van der Waals surface area contributed by atoms with Crippen molar-refractivity contribution in [2.45, 2.75) is 50.5 Å². The fourth-order valence-electron chi connectivity index (χ4n) is 5.85. The summed E-state index contributed by atoms with van der Waals surface area (Å²) < 4.78 is 25.7. The van der Waals surface area contributed by atoms with Gasteiger partial charge in [-0.3, -0.25) is 4.79 Å². The highest BCUT2D eigenvalue weighted by atomic mass is 32.2. The number of likely N-dealkylation sites (tertiary alicyclic amines) is 1. The predicted octanol–water partition coefficient (Wildman–Crippen LogP) is 1.01. The van der Waals surface area contributed by atoms with E-state index in [2.05, 4.69) is 5.10 Å². The molecule has 1 unspecified atom stereocenters. The molecule has 0 amide bonds. The number of fused-ring (bicyclic) bond motifs is 1. The number of aliphatic hydroxyl groups is 1. The van der Waals surface area contributed by atoms with Crippen LogP contribution in [0, 0.1) is 12.8 Å². The number of nitrogen functional groups attached to an aromatic ring is 1. The van der Waals surface area contributed by atoms with Crippen LogP contribution in [0.2, 0.25) is 0 Å². The molecule has 0 aromatic heterocycles. The molecule has 11 nitrogen and oxygen atoms in total. The van der Waals surface area contributed by atoms with Gasteiger partial charge in [0.2, 0.25) is 10.0 Å². The number of nitrogens with two attached hydrogens (primary N) is 3. The minimum atomic E-state index is -4.33. The highest BCUT2D eigenvalue weighted by Crippen LogP contribution is 2.44. The average molecular weight is 531 g/mol.